The highest BCUT2D eigenvalue weighted by Crippen LogP contribution is 2.28. The average molecular weight is 468 g/mol. The topological polar surface area (TPSA) is 58.1 Å². The maximum Gasteiger partial charge on any atom is 0.191 e. The van der Waals surface area contributed by atoms with Crippen LogP contribution >= 0.6 is 24.0 Å². The van der Waals surface area contributed by atoms with Gasteiger partial charge in [0.1, 0.15) is 0 Å². The fraction of sp³-hybridized carbons (Fsp3) is 0.944. The predicted octanol–water partition coefficient (Wildman–Crippen LogP) is 1.94. The molecule has 0 bridgehead atoms. The molecule has 0 aromatic rings. The van der Waals surface area contributed by atoms with E-state index < -0.39 is 0 Å². The van der Waals surface area contributed by atoms with E-state index in [1.165, 1.54) is 12.8 Å². The van der Waals surface area contributed by atoms with Gasteiger partial charge in [0.25, 0.3) is 0 Å². The quantitative estimate of drug-likeness (QED) is 0.222. The van der Waals surface area contributed by atoms with E-state index in [2.05, 4.69) is 34.4 Å². The van der Waals surface area contributed by atoms with E-state index in [1.54, 1.807) is 0 Å². The SMILES string of the molecule is CN=C(NCCCOCC1CC1)NCC(C(C)C)N1CCOCC1.I. The van der Waals surface area contributed by atoms with Crippen LogP contribution in [0.5, 0.6) is 0 Å². The molecule has 0 radical (unpaired) electrons. The molecular formula is C18H37IN4O2. The highest BCUT2D eigenvalue weighted by Gasteiger charge is 2.24. The molecule has 2 fully saturated rings. The third-order valence-electron chi connectivity index (χ3n) is 4.79. The van der Waals surface area contributed by atoms with Crippen molar-refractivity contribution in [2.75, 3.05) is 59.7 Å². The van der Waals surface area contributed by atoms with Gasteiger partial charge in [0.15, 0.2) is 5.96 Å². The van der Waals surface area contributed by atoms with Crippen molar-refractivity contribution in [3.05, 3.63) is 0 Å². The zero-order valence-electron chi connectivity index (χ0n) is 16.1. The summed E-state index contributed by atoms with van der Waals surface area (Å²) >= 11 is 0. The van der Waals surface area contributed by atoms with Gasteiger partial charge >= 0.3 is 0 Å². The zero-order valence-corrected chi connectivity index (χ0v) is 18.5. The molecule has 1 heterocycles. The molecule has 0 spiro atoms. The van der Waals surface area contributed by atoms with Gasteiger partial charge in [0.05, 0.1) is 13.2 Å². The minimum atomic E-state index is 0. The Morgan fingerprint density at radius 2 is 1.96 bits per heavy atom. The van der Waals surface area contributed by atoms with Crippen LogP contribution in [0.25, 0.3) is 0 Å². The molecule has 0 amide bonds. The lowest BCUT2D eigenvalue weighted by Crippen LogP contribution is -2.52. The maximum atomic E-state index is 5.66. The van der Waals surface area contributed by atoms with E-state index in [-0.39, 0.29) is 24.0 Å². The number of aliphatic imine (C=N–C) groups is 1. The van der Waals surface area contributed by atoms with Gasteiger partial charge in [-0.1, -0.05) is 13.8 Å². The van der Waals surface area contributed by atoms with Crippen LogP contribution in [-0.4, -0.2) is 76.6 Å². The molecule has 1 aliphatic heterocycles. The molecule has 1 aliphatic carbocycles. The van der Waals surface area contributed by atoms with Gasteiger partial charge in [-0.05, 0) is 31.1 Å². The summed E-state index contributed by atoms with van der Waals surface area (Å²) in [6, 6.07) is 0.509. The number of hydrogen-bond donors (Lipinski definition) is 2. The Kier molecular flexibility index (Phi) is 12.0. The van der Waals surface area contributed by atoms with Crippen LogP contribution in [0, 0.1) is 11.8 Å². The zero-order chi connectivity index (χ0) is 17.2. The van der Waals surface area contributed by atoms with Crippen LogP contribution in [-0.2, 0) is 9.47 Å². The highest BCUT2D eigenvalue weighted by molar-refractivity contribution is 14.0. The summed E-state index contributed by atoms with van der Waals surface area (Å²) in [4.78, 5) is 6.86. The number of ether oxygens (including phenoxy) is 2. The summed E-state index contributed by atoms with van der Waals surface area (Å²) in [5.41, 5.74) is 0. The summed E-state index contributed by atoms with van der Waals surface area (Å²) in [6.07, 6.45) is 3.73. The fourth-order valence-electron chi connectivity index (χ4n) is 3.03. The van der Waals surface area contributed by atoms with E-state index >= 15 is 0 Å². The van der Waals surface area contributed by atoms with Crippen molar-refractivity contribution < 1.29 is 9.47 Å². The molecule has 0 aromatic heterocycles. The van der Waals surface area contributed by atoms with Gasteiger partial charge in [-0.3, -0.25) is 9.89 Å². The van der Waals surface area contributed by atoms with Gasteiger partial charge < -0.3 is 20.1 Å². The molecule has 25 heavy (non-hydrogen) atoms. The Morgan fingerprint density at radius 3 is 2.56 bits per heavy atom. The summed E-state index contributed by atoms with van der Waals surface area (Å²) < 4.78 is 11.1. The first-order chi connectivity index (χ1) is 11.7. The number of rotatable bonds is 10. The molecule has 2 N–H and O–H groups in total. The van der Waals surface area contributed by atoms with Crippen molar-refractivity contribution in [1.82, 2.24) is 15.5 Å². The molecule has 0 aromatic carbocycles. The number of halogens is 1. The standard InChI is InChI=1S/C18H36N4O2.HI/c1-15(2)17(22-8-11-23-12-9-22)13-21-18(19-3)20-7-4-10-24-14-16-5-6-16;/h15-17H,4-14H2,1-3H3,(H2,19,20,21);1H. The van der Waals surface area contributed by atoms with Crippen LogP contribution in [0.1, 0.15) is 33.1 Å². The molecular weight excluding hydrogens is 431 g/mol. The Bertz CT molecular complexity index is 372. The first-order valence-corrected chi connectivity index (χ1v) is 9.54. The van der Waals surface area contributed by atoms with Crippen molar-refractivity contribution >= 4 is 29.9 Å². The van der Waals surface area contributed by atoms with Gasteiger partial charge in [-0.2, -0.15) is 0 Å². The van der Waals surface area contributed by atoms with E-state index in [9.17, 15) is 0 Å². The normalized spacial score (nSPS) is 20.2. The molecule has 7 heteroatoms. The van der Waals surface area contributed by atoms with Gasteiger partial charge in [-0.25, -0.2) is 0 Å². The summed E-state index contributed by atoms with van der Waals surface area (Å²) in [5, 5.41) is 6.87. The molecule has 1 saturated heterocycles. The first-order valence-electron chi connectivity index (χ1n) is 9.54. The number of morpholine rings is 1. The van der Waals surface area contributed by atoms with Crippen molar-refractivity contribution in [3.63, 3.8) is 0 Å². The molecule has 1 unspecified atom stereocenters. The van der Waals surface area contributed by atoms with Crippen LogP contribution in [0.15, 0.2) is 4.99 Å². The first kappa shape index (κ1) is 22.9. The Morgan fingerprint density at radius 1 is 1.24 bits per heavy atom. The van der Waals surface area contributed by atoms with Crippen molar-refractivity contribution in [2.45, 2.75) is 39.2 Å². The molecule has 1 atom stereocenters. The second kappa shape index (κ2) is 13.1. The Hall–Kier alpha value is -0.120. The van der Waals surface area contributed by atoms with Crippen molar-refractivity contribution in [3.8, 4) is 0 Å². The Labute approximate surface area is 170 Å². The monoisotopic (exact) mass is 468 g/mol. The lowest BCUT2D eigenvalue weighted by atomic mass is 10.0. The maximum absolute atomic E-state index is 5.66. The fourth-order valence-corrected chi connectivity index (χ4v) is 3.03. The number of guanidine groups is 1. The minimum absolute atomic E-state index is 0. The lowest BCUT2D eigenvalue weighted by molar-refractivity contribution is 0.00752. The van der Waals surface area contributed by atoms with Crippen molar-refractivity contribution in [1.29, 1.82) is 0 Å². The molecule has 2 rings (SSSR count). The van der Waals surface area contributed by atoms with Gasteiger partial charge in [-0.15, -0.1) is 24.0 Å². The van der Waals surface area contributed by atoms with E-state index in [0.717, 1.165) is 70.9 Å². The summed E-state index contributed by atoms with van der Waals surface area (Å²) in [7, 11) is 1.83. The smallest absolute Gasteiger partial charge is 0.191 e. The molecule has 1 saturated carbocycles. The number of nitrogens with one attached hydrogen (secondary N) is 2. The van der Waals surface area contributed by atoms with E-state index in [1.807, 2.05) is 7.05 Å². The van der Waals surface area contributed by atoms with Gasteiger partial charge in [0, 0.05) is 52.5 Å². The highest BCUT2D eigenvalue weighted by atomic mass is 127. The summed E-state index contributed by atoms with van der Waals surface area (Å²) in [6.45, 7) is 11.9. The Balaban J connectivity index is 0.00000312. The molecule has 148 valence electrons. The van der Waals surface area contributed by atoms with Crippen LogP contribution < -0.4 is 10.6 Å². The third-order valence-corrected chi connectivity index (χ3v) is 4.79. The number of nitrogens with zero attached hydrogens (tertiary/aromatic N) is 2. The van der Waals surface area contributed by atoms with Crippen LogP contribution in [0.4, 0.5) is 0 Å². The van der Waals surface area contributed by atoms with Crippen LogP contribution in [0.2, 0.25) is 0 Å². The third kappa shape index (κ3) is 9.40. The second-order valence-electron chi connectivity index (χ2n) is 7.21. The molecule has 2 aliphatic rings. The molecule has 6 nitrogen and oxygen atoms in total. The second-order valence-corrected chi connectivity index (χ2v) is 7.21. The minimum Gasteiger partial charge on any atom is -0.381 e. The predicted molar refractivity (Wildman–Crippen MR) is 114 cm³/mol. The number of hydrogen-bond acceptors (Lipinski definition) is 4. The average Bonchev–Trinajstić information content (AvgIpc) is 3.41. The van der Waals surface area contributed by atoms with Crippen molar-refractivity contribution in [2.24, 2.45) is 16.8 Å². The lowest BCUT2D eigenvalue weighted by Gasteiger charge is -2.37. The van der Waals surface area contributed by atoms with E-state index in [0.29, 0.717) is 12.0 Å². The largest absolute Gasteiger partial charge is 0.381 e. The van der Waals surface area contributed by atoms with Gasteiger partial charge in [0.2, 0.25) is 0 Å². The summed E-state index contributed by atoms with van der Waals surface area (Å²) in [5.74, 6) is 2.33. The van der Waals surface area contributed by atoms with E-state index in [4.69, 9.17) is 9.47 Å². The van der Waals surface area contributed by atoms with Crippen LogP contribution in [0.3, 0.4) is 0 Å².